The number of carbonyl (C=O) groups excluding carboxylic acids is 1. The van der Waals surface area contributed by atoms with Crippen LogP contribution in [0.4, 0.5) is 0 Å². The van der Waals surface area contributed by atoms with Gasteiger partial charge in [0, 0.05) is 43.6 Å². The van der Waals surface area contributed by atoms with Crippen LogP contribution in [0.2, 0.25) is 0 Å². The van der Waals surface area contributed by atoms with Crippen molar-refractivity contribution in [1.82, 2.24) is 0 Å². The summed E-state index contributed by atoms with van der Waals surface area (Å²) < 4.78 is 24.5. The van der Waals surface area contributed by atoms with Crippen LogP contribution in [0, 0.1) is 29.6 Å². The van der Waals surface area contributed by atoms with Crippen LogP contribution in [0.25, 0.3) is 0 Å². The summed E-state index contributed by atoms with van der Waals surface area (Å²) in [6.07, 6.45) is 3.73. The van der Waals surface area contributed by atoms with E-state index in [1.807, 2.05) is 20.8 Å². The molecule has 4 rings (SSSR count). The van der Waals surface area contributed by atoms with Gasteiger partial charge in [-0.05, 0) is 25.8 Å². The number of aliphatic hydroxyl groups is 2. The topological polar surface area (TPSA) is 94.5 Å². The van der Waals surface area contributed by atoms with Gasteiger partial charge in [-0.25, -0.2) is 0 Å². The Bertz CT molecular complexity index is 848. The SMILES string of the molecule is C=C1O[C@H]([C@@H](C)O)[C@H](C)/C=C(\C)[C@]23O[C@@H]4[C@H](C=C[C@@H]2C[C@@H]1OC)[C@H]3[C@H](O)[C@@H](C)[C@H]4OC(C)=O. The van der Waals surface area contributed by atoms with Crippen LogP contribution in [0.5, 0.6) is 0 Å². The highest BCUT2D eigenvalue weighted by atomic mass is 16.6. The summed E-state index contributed by atoms with van der Waals surface area (Å²) in [4.78, 5) is 11.9. The summed E-state index contributed by atoms with van der Waals surface area (Å²) in [6.45, 7) is 13.2. The molecule has 0 aromatic heterocycles. The molecule has 33 heavy (non-hydrogen) atoms. The summed E-state index contributed by atoms with van der Waals surface area (Å²) in [5.74, 6) is -0.640. The third-order valence-electron chi connectivity index (χ3n) is 8.31. The zero-order valence-electron chi connectivity index (χ0n) is 20.4. The summed E-state index contributed by atoms with van der Waals surface area (Å²) in [7, 11) is 1.62. The maximum Gasteiger partial charge on any atom is 0.303 e. The normalized spacial score (nSPS) is 49.3. The Morgan fingerprint density at radius 1 is 1.33 bits per heavy atom. The quantitative estimate of drug-likeness (QED) is 0.492. The van der Waals surface area contributed by atoms with Gasteiger partial charge in [-0.3, -0.25) is 4.79 Å². The zero-order chi connectivity index (χ0) is 24.2. The van der Waals surface area contributed by atoms with Crippen LogP contribution in [0.3, 0.4) is 0 Å². The Kier molecular flexibility index (Phi) is 6.55. The fraction of sp³-hybridized carbons (Fsp3) is 0.731. The Morgan fingerprint density at radius 3 is 2.64 bits per heavy atom. The lowest BCUT2D eigenvalue weighted by atomic mass is 9.57. The van der Waals surface area contributed by atoms with Crippen LogP contribution >= 0.6 is 0 Å². The fourth-order valence-corrected chi connectivity index (χ4v) is 6.80. The molecule has 1 saturated heterocycles. The minimum Gasteiger partial charge on any atom is -0.489 e. The lowest BCUT2D eigenvalue weighted by Crippen LogP contribution is -2.57. The molecule has 2 aliphatic carbocycles. The van der Waals surface area contributed by atoms with Crippen molar-refractivity contribution in [2.75, 3.05) is 7.11 Å². The number of hydrogen-bond acceptors (Lipinski definition) is 7. The molecule has 4 bridgehead atoms. The van der Waals surface area contributed by atoms with Gasteiger partial charge in [-0.2, -0.15) is 0 Å². The van der Waals surface area contributed by atoms with Gasteiger partial charge in [0.25, 0.3) is 0 Å². The molecule has 0 radical (unpaired) electrons. The first kappa shape index (κ1) is 24.5. The molecular weight excluding hydrogens is 424 g/mol. The van der Waals surface area contributed by atoms with E-state index >= 15 is 0 Å². The lowest BCUT2D eigenvalue weighted by molar-refractivity contribution is -0.167. The van der Waals surface area contributed by atoms with E-state index in [1.54, 1.807) is 14.0 Å². The smallest absolute Gasteiger partial charge is 0.303 e. The molecule has 1 spiro atoms. The van der Waals surface area contributed by atoms with E-state index in [2.05, 4.69) is 24.8 Å². The molecule has 0 aromatic rings. The monoisotopic (exact) mass is 462 g/mol. The van der Waals surface area contributed by atoms with Gasteiger partial charge < -0.3 is 29.2 Å². The molecule has 2 aliphatic heterocycles. The van der Waals surface area contributed by atoms with Crippen molar-refractivity contribution < 1.29 is 34.0 Å². The van der Waals surface area contributed by atoms with Crippen molar-refractivity contribution in [3.63, 3.8) is 0 Å². The Hall–Kier alpha value is -1.67. The second-order valence-electron chi connectivity index (χ2n) is 10.4. The highest BCUT2D eigenvalue weighted by molar-refractivity contribution is 5.66. The molecule has 2 N–H and O–H groups in total. The summed E-state index contributed by atoms with van der Waals surface area (Å²) in [5.41, 5.74) is 0.214. The van der Waals surface area contributed by atoms with E-state index in [0.717, 1.165) is 5.57 Å². The summed E-state index contributed by atoms with van der Waals surface area (Å²) >= 11 is 0. The molecule has 12 atom stereocenters. The van der Waals surface area contributed by atoms with Crippen LogP contribution in [0.1, 0.15) is 41.0 Å². The number of ether oxygens (including phenoxy) is 4. The Morgan fingerprint density at radius 2 is 2.03 bits per heavy atom. The van der Waals surface area contributed by atoms with E-state index < -0.39 is 36.1 Å². The molecule has 0 aromatic carbocycles. The van der Waals surface area contributed by atoms with Gasteiger partial charge in [0.05, 0.1) is 12.2 Å². The summed E-state index contributed by atoms with van der Waals surface area (Å²) in [6, 6.07) is 0. The zero-order valence-corrected chi connectivity index (χ0v) is 20.4. The molecule has 0 amide bonds. The average molecular weight is 463 g/mol. The van der Waals surface area contributed by atoms with Gasteiger partial charge in [-0.15, -0.1) is 0 Å². The minimum atomic E-state index is -0.779. The number of aliphatic hydroxyl groups excluding tert-OH is 2. The molecular formula is C26H38O7. The first-order valence-corrected chi connectivity index (χ1v) is 12.0. The Labute approximate surface area is 196 Å². The standard InChI is InChI=1S/C26H38O7/c1-12-10-13(2)26-18(11-20(30-7)16(5)31-23(12)15(4)27)8-9-19-21(26)22(29)14(3)24(25(19)33-26)32-17(6)28/h8-10,12,14-15,18-25,27,29H,5,11H2,1-4,6-7H3/b13-10+/t12-,14-,15-,18-,19-,20+,21+,22-,23+,24-,25-,26+/m1/s1. The van der Waals surface area contributed by atoms with Crippen molar-refractivity contribution in [2.24, 2.45) is 29.6 Å². The number of esters is 1. The fourth-order valence-electron chi connectivity index (χ4n) is 6.80. The van der Waals surface area contributed by atoms with E-state index in [-0.39, 0.29) is 41.7 Å². The highest BCUT2D eigenvalue weighted by Gasteiger charge is 2.68. The van der Waals surface area contributed by atoms with E-state index in [0.29, 0.717) is 12.2 Å². The third kappa shape index (κ3) is 3.77. The van der Waals surface area contributed by atoms with Crippen molar-refractivity contribution in [3.8, 4) is 0 Å². The minimum absolute atomic E-state index is 0.0635. The molecule has 184 valence electrons. The van der Waals surface area contributed by atoms with Gasteiger partial charge in [0.1, 0.15) is 35.8 Å². The van der Waals surface area contributed by atoms with Crippen molar-refractivity contribution in [3.05, 3.63) is 36.1 Å². The predicted octanol–water partition coefficient (Wildman–Crippen LogP) is 2.77. The first-order valence-electron chi connectivity index (χ1n) is 12.0. The van der Waals surface area contributed by atoms with Crippen LogP contribution in [-0.2, 0) is 23.7 Å². The van der Waals surface area contributed by atoms with E-state index in [4.69, 9.17) is 18.9 Å². The van der Waals surface area contributed by atoms with Crippen molar-refractivity contribution in [2.45, 2.75) is 83.3 Å². The number of rotatable bonds is 3. The van der Waals surface area contributed by atoms with Crippen molar-refractivity contribution in [1.29, 1.82) is 0 Å². The van der Waals surface area contributed by atoms with Crippen LogP contribution < -0.4 is 0 Å². The van der Waals surface area contributed by atoms with E-state index in [9.17, 15) is 15.0 Å². The molecule has 7 nitrogen and oxygen atoms in total. The van der Waals surface area contributed by atoms with Crippen molar-refractivity contribution >= 4 is 5.97 Å². The predicted molar refractivity (Wildman–Crippen MR) is 122 cm³/mol. The molecule has 2 heterocycles. The number of carbonyl (C=O) groups is 1. The van der Waals surface area contributed by atoms with E-state index in [1.165, 1.54) is 6.92 Å². The van der Waals surface area contributed by atoms with Crippen LogP contribution in [-0.4, -0.2) is 65.5 Å². The number of hydrogen-bond donors (Lipinski definition) is 2. The second kappa shape index (κ2) is 8.84. The maximum atomic E-state index is 11.9. The molecule has 4 aliphatic rings. The molecule has 2 fully saturated rings. The molecule has 7 heteroatoms. The molecule has 0 unspecified atom stereocenters. The van der Waals surface area contributed by atoms with Gasteiger partial charge in [0.2, 0.25) is 0 Å². The summed E-state index contributed by atoms with van der Waals surface area (Å²) in [5, 5.41) is 22.0. The van der Waals surface area contributed by atoms with Crippen LogP contribution in [0.15, 0.2) is 36.1 Å². The highest BCUT2D eigenvalue weighted by Crippen LogP contribution is 2.61. The lowest BCUT2D eigenvalue weighted by Gasteiger charge is -2.49. The second-order valence-corrected chi connectivity index (χ2v) is 10.4. The maximum absolute atomic E-state index is 11.9. The van der Waals surface area contributed by atoms with Gasteiger partial charge in [-0.1, -0.05) is 38.7 Å². The Balaban J connectivity index is 1.85. The van der Waals surface area contributed by atoms with Gasteiger partial charge in [0.15, 0.2) is 0 Å². The largest absolute Gasteiger partial charge is 0.489 e. The average Bonchev–Trinajstić information content (AvgIpc) is 2.94. The number of methoxy groups -OCH3 is 1. The van der Waals surface area contributed by atoms with Gasteiger partial charge >= 0.3 is 5.97 Å². The third-order valence-corrected chi connectivity index (χ3v) is 8.31. The first-order chi connectivity index (χ1) is 15.5. The molecule has 1 saturated carbocycles.